The lowest BCUT2D eigenvalue weighted by molar-refractivity contribution is -0.0425. The predicted molar refractivity (Wildman–Crippen MR) is 122 cm³/mol. The van der Waals surface area contributed by atoms with Crippen LogP contribution in [0.15, 0.2) is 54.6 Å². The van der Waals surface area contributed by atoms with E-state index in [1.54, 1.807) is 12.1 Å². The second kappa shape index (κ2) is 11.9. The van der Waals surface area contributed by atoms with E-state index in [4.69, 9.17) is 14.9 Å². The Morgan fingerprint density at radius 2 is 1.73 bits per heavy atom. The molecule has 0 amide bonds. The Kier molecular flexibility index (Phi) is 9.57. The number of hydrogen-bond donors (Lipinski definition) is 3. The molecule has 0 aromatic heterocycles. The number of hydrogen-bond acceptors (Lipinski definition) is 4. The van der Waals surface area contributed by atoms with Crippen LogP contribution in [0.5, 0.6) is 5.75 Å². The van der Waals surface area contributed by atoms with Gasteiger partial charge in [-0.1, -0.05) is 62.7 Å². The van der Waals surface area contributed by atoms with E-state index < -0.39 is 11.9 Å². The van der Waals surface area contributed by atoms with E-state index in [1.165, 1.54) is 5.57 Å². The van der Waals surface area contributed by atoms with Gasteiger partial charge in [0, 0.05) is 5.56 Å². The fraction of sp³-hybridized carbons (Fsp3) is 0.462. The molecule has 2 aromatic carbocycles. The molecule has 0 saturated heterocycles. The highest BCUT2D eigenvalue weighted by atomic mass is 16.5. The van der Waals surface area contributed by atoms with Crippen molar-refractivity contribution in [2.24, 2.45) is 0 Å². The summed E-state index contributed by atoms with van der Waals surface area (Å²) >= 11 is 0. The van der Waals surface area contributed by atoms with Gasteiger partial charge in [0.05, 0.1) is 5.60 Å². The molecule has 0 atom stereocenters. The van der Waals surface area contributed by atoms with Crippen LogP contribution in [-0.2, 0) is 6.61 Å². The third kappa shape index (κ3) is 7.60. The molecule has 0 fully saturated rings. The van der Waals surface area contributed by atoms with Crippen molar-refractivity contribution < 1.29 is 20.1 Å². The zero-order valence-corrected chi connectivity index (χ0v) is 18.5. The maximum Gasteiger partial charge on any atom is 0.178 e. The van der Waals surface area contributed by atoms with Crippen molar-refractivity contribution in [1.29, 1.82) is 0 Å². The highest BCUT2D eigenvalue weighted by Crippen LogP contribution is 2.24. The Bertz CT molecular complexity index is 789. The van der Waals surface area contributed by atoms with Crippen molar-refractivity contribution in [3.05, 3.63) is 71.3 Å². The van der Waals surface area contributed by atoms with Gasteiger partial charge in [0.25, 0.3) is 0 Å². The van der Waals surface area contributed by atoms with E-state index in [1.807, 2.05) is 30.3 Å². The zero-order chi connectivity index (χ0) is 22.0. The molecule has 0 aliphatic carbocycles. The third-order valence-corrected chi connectivity index (χ3v) is 5.84. The van der Waals surface area contributed by atoms with Crippen molar-refractivity contribution in [2.45, 2.75) is 77.8 Å². The summed E-state index contributed by atoms with van der Waals surface area (Å²) in [6.45, 7) is 6.65. The van der Waals surface area contributed by atoms with E-state index in [9.17, 15) is 5.11 Å². The zero-order valence-electron chi connectivity index (χ0n) is 18.5. The Morgan fingerprint density at radius 1 is 1.03 bits per heavy atom. The standard InChI is InChI=1S/C26H36O4/c1-4-26(29,5-2)17-8-6-7-10-20(3)23-11-9-12-24(18-23)30-19-21-13-15-22(16-14-21)25(27)28/h9-16,18,25,27-29H,4-8,17,19H2,1-3H3. The Labute approximate surface area is 180 Å². The molecular weight excluding hydrogens is 376 g/mol. The SMILES string of the molecule is CCC(O)(CC)CCCCC=C(C)c1cccc(OCc2ccc(C(O)O)cc2)c1. The van der Waals surface area contributed by atoms with Crippen LogP contribution < -0.4 is 4.74 Å². The first-order valence-electron chi connectivity index (χ1n) is 10.9. The molecule has 0 saturated carbocycles. The van der Waals surface area contributed by atoms with E-state index in [0.29, 0.717) is 12.2 Å². The molecule has 164 valence electrons. The van der Waals surface area contributed by atoms with Crippen LogP contribution in [0.2, 0.25) is 0 Å². The number of aliphatic hydroxyl groups excluding tert-OH is 1. The Balaban J connectivity index is 1.85. The summed E-state index contributed by atoms with van der Waals surface area (Å²) in [7, 11) is 0. The molecule has 4 nitrogen and oxygen atoms in total. The van der Waals surface area contributed by atoms with Crippen LogP contribution >= 0.6 is 0 Å². The van der Waals surface area contributed by atoms with E-state index in [0.717, 1.165) is 55.4 Å². The van der Waals surface area contributed by atoms with Gasteiger partial charge in [-0.05, 0) is 67.9 Å². The molecule has 0 radical (unpaired) electrons. The van der Waals surface area contributed by atoms with E-state index in [-0.39, 0.29) is 0 Å². The summed E-state index contributed by atoms with van der Waals surface area (Å²) in [6.07, 6.45) is 6.44. The number of benzene rings is 2. The van der Waals surface area contributed by atoms with Crippen LogP contribution in [0.1, 0.15) is 82.3 Å². The first kappa shape index (κ1) is 24.1. The highest BCUT2D eigenvalue weighted by molar-refractivity contribution is 5.64. The van der Waals surface area contributed by atoms with Crippen molar-refractivity contribution in [3.63, 3.8) is 0 Å². The molecule has 4 heteroatoms. The Morgan fingerprint density at radius 3 is 2.37 bits per heavy atom. The minimum Gasteiger partial charge on any atom is -0.489 e. The molecule has 0 heterocycles. The van der Waals surface area contributed by atoms with Gasteiger partial charge in [-0.3, -0.25) is 0 Å². The van der Waals surface area contributed by atoms with Gasteiger partial charge in [0.15, 0.2) is 6.29 Å². The summed E-state index contributed by atoms with van der Waals surface area (Å²) in [4.78, 5) is 0. The van der Waals surface area contributed by atoms with Crippen molar-refractivity contribution >= 4 is 5.57 Å². The lowest BCUT2D eigenvalue weighted by Gasteiger charge is -2.24. The minimum absolute atomic E-state index is 0.422. The summed E-state index contributed by atoms with van der Waals surface area (Å²) in [6, 6.07) is 15.1. The number of allylic oxidation sites excluding steroid dienone is 2. The summed E-state index contributed by atoms with van der Waals surface area (Å²) in [5, 5.41) is 28.7. The lowest BCUT2D eigenvalue weighted by atomic mass is 9.91. The molecule has 30 heavy (non-hydrogen) atoms. The monoisotopic (exact) mass is 412 g/mol. The fourth-order valence-electron chi connectivity index (χ4n) is 3.42. The van der Waals surface area contributed by atoms with Crippen LogP contribution in [0.4, 0.5) is 0 Å². The van der Waals surface area contributed by atoms with Gasteiger partial charge in [-0.15, -0.1) is 0 Å². The van der Waals surface area contributed by atoms with Gasteiger partial charge in [0.2, 0.25) is 0 Å². The normalized spacial score (nSPS) is 12.4. The average Bonchev–Trinajstić information content (AvgIpc) is 2.77. The first-order chi connectivity index (χ1) is 14.4. The molecular formula is C26H36O4. The van der Waals surface area contributed by atoms with Crippen molar-refractivity contribution in [3.8, 4) is 5.75 Å². The largest absolute Gasteiger partial charge is 0.489 e. The van der Waals surface area contributed by atoms with Gasteiger partial charge >= 0.3 is 0 Å². The molecule has 2 aromatic rings. The molecule has 0 unspecified atom stereocenters. The second-order valence-corrected chi connectivity index (χ2v) is 8.00. The smallest absolute Gasteiger partial charge is 0.178 e. The molecule has 0 aliphatic rings. The average molecular weight is 413 g/mol. The molecule has 0 bridgehead atoms. The Hall–Kier alpha value is -2.14. The van der Waals surface area contributed by atoms with Gasteiger partial charge < -0.3 is 20.1 Å². The lowest BCUT2D eigenvalue weighted by Crippen LogP contribution is -2.26. The van der Waals surface area contributed by atoms with Crippen LogP contribution in [0.3, 0.4) is 0 Å². The number of unbranched alkanes of at least 4 members (excludes halogenated alkanes) is 2. The predicted octanol–water partition coefficient (Wildman–Crippen LogP) is 5.76. The van der Waals surface area contributed by atoms with E-state index in [2.05, 4.69) is 32.9 Å². The van der Waals surface area contributed by atoms with Gasteiger partial charge in [0.1, 0.15) is 12.4 Å². The highest BCUT2D eigenvalue weighted by Gasteiger charge is 2.20. The van der Waals surface area contributed by atoms with Crippen LogP contribution in [0, 0.1) is 0 Å². The van der Waals surface area contributed by atoms with Gasteiger partial charge in [-0.25, -0.2) is 0 Å². The number of aliphatic hydroxyl groups is 3. The fourth-order valence-corrected chi connectivity index (χ4v) is 3.42. The van der Waals surface area contributed by atoms with Crippen molar-refractivity contribution in [2.75, 3.05) is 0 Å². The maximum absolute atomic E-state index is 10.4. The minimum atomic E-state index is -1.45. The number of ether oxygens (including phenoxy) is 1. The third-order valence-electron chi connectivity index (χ3n) is 5.84. The molecule has 0 spiro atoms. The maximum atomic E-state index is 10.4. The summed E-state index contributed by atoms with van der Waals surface area (Å²) < 4.78 is 5.91. The quantitative estimate of drug-likeness (QED) is 0.306. The number of rotatable bonds is 12. The molecule has 3 N–H and O–H groups in total. The van der Waals surface area contributed by atoms with Gasteiger partial charge in [-0.2, -0.15) is 0 Å². The van der Waals surface area contributed by atoms with Crippen LogP contribution in [-0.4, -0.2) is 20.9 Å². The molecule has 0 aliphatic heterocycles. The van der Waals surface area contributed by atoms with Crippen LogP contribution in [0.25, 0.3) is 5.57 Å². The summed E-state index contributed by atoms with van der Waals surface area (Å²) in [5.41, 5.74) is 3.31. The summed E-state index contributed by atoms with van der Waals surface area (Å²) in [5.74, 6) is 0.808. The first-order valence-corrected chi connectivity index (χ1v) is 10.9. The van der Waals surface area contributed by atoms with E-state index >= 15 is 0 Å². The second-order valence-electron chi connectivity index (χ2n) is 8.00. The molecule has 2 rings (SSSR count). The van der Waals surface area contributed by atoms with Crippen molar-refractivity contribution in [1.82, 2.24) is 0 Å². The topological polar surface area (TPSA) is 69.9 Å².